The number of nitrogens with one attached hydrogen (secondary N) is 2. The van der Waals surface area contributed by atoms with E-state index in [2.05, 4.69) is 29.5 Å². The first kappa shape index (κ1) is 13.4. The van der Waals surface area contributed by atoms with Gasteiger partial charge in [-0.25, -0.2) is 4.98 Å². The molecule has 1 amide bonds. The number of hydrogen-bond acceptors (Lipinski definition) is 4. The molecule has 0 aliphatic rings. The molecule has 0 aliphatic heterocycles. The van der Waals surface area contributed by atoms with Crippen LogP contribution in [-0.2, 0) is 4.79 Å². The molecule has 0 saturated carbocycles. The van der Waals surface area contributed by atoms with Gasteiger partial charge in [0, 0.05) is 25.7 Å². The molecule has 0 saturated heterocycles. The van der Waals surface area contributed by atoms with Crippen LogP contribution in [0.4, 0.5) is 5.82 Å². The minimum Gasteiger partial charge on any atom is -0.464 e. The summed E-state index contributed by atoms with van der Waals surface area (Å²) in [6.07, 6.45) is 3.75. The van der Waals surface area contributed by atoms with E-state index < -0.39 is 0 Å². The first-order valence-corrected chi connectivity index (χ1v) is 6.49. The number of pyridine rings is 1. The van der Waals surface area contributed by atoms with Crippen molar-refractivity contribution >= 4 is 22.7 Å². The molecule has 2 aromatic rings. The third kappa shape index (κ3) is 3.71. The van der Waals surface area contributed by atoms with Crippen LogP contribution in [0.1, 0.15) is 20.3 Å². The zero-order chi connectivity index (χ0) is 13.7. The van der Waals surface area contributed by atoms with Crippen LogP contribution in [0.15, 0.2) is 29.0 Å². The molecule has 2 heterocycles. The molecule has 0 spiro atoms. The predicted molar refractivity (Wildman–Crippen MR) is 75.0 cm³/mol. The second-order valence-electron chi connectivity index (χ2n) is 4.87. The van der Waals surface area contributed by atoms with Gasteiger partial charge in [-0.1, -0.05) is 13.8 Å². The van der Waals surface area contributed by atoms with Crippen molar-refractivity contribution in [3.8, 4) is 0 Å². The second kappa shape index (κ2) is 6.22. The maximum atomic E-state index is 11.6. The van der Waals surface area contributed by atoms with Gasteiger partial charge < -0.3 is 15.1 Å². The van der Waals surface area contributed by atoms with Crippen LogP contribution in [0.25, 0.3) is 11.0 Å². The summed E-state index contributed by atoms with van der Waals surface area (Å²) in [6.45, 7) is 5.42. The lowest BCUT2D eigenvalue weighted by atomic mass is 10.2. The minimum atomic E-state index is 0.0561. The highest BCUT2D eigenvalue weighted by molar-refractivity contribution is 5.88. The molecule has 5 heteroatoms. The Morgan fingerprint density at radius 1 is 1.42 bits per heavy atom. The Hall–Kier alpha value is -2.04. The van der Waals surface area contributed by atoms with Crippen molar-refractivity contribution in [2.75, 3.05) is 18.4 Å². The fourth-order valence-corrected chi connectivity index (χ4v) is 1.74. The van der Waals surface area contributed by atoms with Gasteiger partial charge in [0.25, 0.3) is 0 Å². The highest BCUT2D eigenvalue weighted by Crippen LogP contribution is 2.21. The first-order chi connectivity index (χ1) is 9.16. The van der Waals surface area contributed by atoms with Crippen LogP contribution in [0, 0.1) is 5.92 Å². The van der Waals surface area contributed by atoms with Crippen LogP contribution in [0.5, 0.6) is 0 Å². The fraction of sp³-hybridized carbons (Fsp3) is 0.429. The van der Waals surface area contributed by atoms with E-state index in [0.717, 1.165) is 16.8 Å². The molecule has 2 N–H and O–H groups in total. The van der Waals surface area contributed by atoms with Crippen molar-refractivity contribution in [1.82, 2.24) is 10.3 Å². The van der Waals surface area contributed by atoms with E-state index in [4.69, 9.17) is 4.42 Å². The van der Waals surface area contributed by atoms with Crippen LogP contribution < -0.4 is 10.6 Å². The Kier molecular flexibility index (Phi) is 4.39. The van der Waals surface area contributed by atoms with Gasteiger partial charge in [0.2, 0.25) is 5.91 Å². The van der Waals surface area contributed by atoms with Crippen LogP contribution in [0.3, 0.4) is 0 Å². The molecule has 0 unspecified atom stereocenters. The van der Waals surface area contributed by atoms with Gasteiger partial charge in [-0.05, 0) is 18.1 Å². The largest absolute Gasteiger partial charge is 0.464 e. The SMILES string of the molecule is CC(C)CNC(=O)CCNc1nccc2occc12. The van der Waals surface area contributed by atoms with Crippen molar-refractivity contribution in [2.45, 2.75) is 20.3 Å². The van der Waals surface area contributed by atoms with Crippen molar-refractivity contribution < 1.29 is 9.21 Å². The van der Waals surface area contributed by atoms with Crippen molar-refractivity contribution in [1.29, 1.82) is 0 Å². The van der Waals surface area contributed by atoms with E-state index in [9.17, 15) is 4.79 Å². The van der Waals surface area contributed by atoms with Crippen molar-refractivity contribution in [3.63, 3.8) is 0 Å². The number of aromatic nitrogens is 1. The number of hydrogen-bond donors (Lipinski definition) is 2. The Labute approximate surface area is 112 Å². The van der Waals surface area contributed by atoms with Gasteiger partial charge in [0.1, 0.15) is 11.4 Å². The summed E-state index contributed by atoms with van der Waals surface area (Å²) in [4.78, 5) is 15.8. The molecule has 0 bridgehead atoms. The van der Waals surface area contributed by atoms with Crippen LogP contribution in [-0.4, -0.2) is 24.0 Å². The molecule has 102 valence electrons. The number of furan rings is 1. The average molecular weight is 261 g/mol. The van der Waals surface area contributed by atoms with E-state index in [0.29, 0.717) is 25.4 Å². The number of fused-ring (bicyclic) bond motifs is 1. The zero-order valence-electron chi connectivity index (χ0n) is 11.3. The van der Waals surface area contributed by atoms with Gasteiger partial charge in [-0.2, -0.15) is 0 Å². The van der Waals surface area contributed by atoms with E-state index in [1.165, 1.54) is 0 Å². The third-order valence-electron chi connectivity index (χ3n) is 2.73. The predicted octanol–water partition coefficient (Wildman–Crippen LogP) is 2.40. The molecule has 0 aliphatic carbocycles. The number of rotatable bonds is 6. The number of amides is 1. The maximum absolute atomic E-state index is 11.6. The lowest BCUT2D eigenvalue weighted by molar-refractivity contribution is -0.120. The standard InChI is InChI=1S/C14H19N3O2/c1-10(2)9-17-13(18)4-7-16-14-11-5-8-19-12(11)3-6-15-14/h3,5-6,8,10H,4,7,9H2,1-2H3,(H,15,16)(H,17,18). The summed E-state index contributed by atoms with van der Waals surface area (Å²) in [6, 6.07) is 3.68. The molecule has 0 atom stereocenters. The van der Waals surface area contributed by atoms with Gasteiger partial charge in [-0.15, -0.1) is 0 Å². The van der Waals surface area contributed by atoms with Crippen molar-refractivity contribution in [2.24, 2.45) is 5.92 Å². The summed E-state index contributed by atoms with van der Waals surface area (Å²) in [5, 5.41) is 6.98. The Bertz CT molecular complexity index is 548. The van der Waals surface area contributed by atoms with E-state index >= 15 is 0 Å². The lowest BCUT2D eigenvalue weighted by Crippen LogP contribution is -2.28. The summed E-state index contributed by atoms with van der Waals surface area (Å²) >= 11 is 0. The highest BCUT2D eigenvalue weighted by Gasteiger charge is 2.06. The molecule has 0 fully saturated rings. The van der Waals surface area contributed by atoms with E-state index in [1.807, 2.05) is 12.1 Å². The molecule has 5 nitrogen and oxygen atoms in total. The van der Waals surface area contributed by atoms with Gasteiger partial charge in [0.05, 0.1) is 11.6 Å². The molecule has 19 heavy (non-hydrogen) atoms. The summed E-state index contributed by atoms with van der Waals surface area (Å²) < 4.78 is 5.29. The number of nitrogens with zero attached hydrogens (tertiary/aromatic N) is 1. The lowest BCUT2D eigenvalue weighted by Gasteiger charge is -2.08. The third-order valence-corrected chi connectivity index (χ3v) is 2.73. The summed E-state index contributed by atoms with van der Waals surface area (Å²) in [7, 11) is 0. The monoisotopic (exact) mass is 261 g/mol. The zero-order valence-corrected chi connectivity index (χ0v) is 11.3. The Morgan fingerprint density at radius 2 is 2.26 bits per heavy atom. The van der Waals surface area contributed by atoms with Crippen LogP contribution >= 0.6 is 0 Å². The smallest absolute Gasteiger partial charge is 0.221 e. The quantitative estimate of drug-likeness (QED) is 0.838. The molecular weight excluding hydrogens is 242 g/mol. The summed E-state index contributed by atoms with van der Waals surface area (Å²) in [5.41, 5.74) is 0.793. The number of anilines is 1. The summed E-state index contributed by atoms with van der Waals surface area (Å²) in [5.74, 6) is 1.28. The topological polar surface area (TPSA) is 67.2 Å². The second-order valence-corrected chi connectivity index (χ2v) is 4.87. The van der Waals surface area contributed by atoms with Gasteiger partial charge in [-0.3, -0.25) is 4.79 Å². The molecule has 2 aromatic heterocycles. The van der Waals surface area contributed by atoms with Crippen LogP contribution in [0.2, 0.25) is 0 Å². The van der Waals surface area contributed by atoms with Crippen molar-refractivity contribution in [3.05, 3.63) is 24.6 Å². The highest BCUT2D eigenvalue weighted by atomic mass is 16.3. The number of carbonyl (C=O) groups excluding carboxylic acids is 1. The van der Waals surface area contributed by atoms with Gasteiger partial charge >= 0.3 is 0 Å². The minimum absolute atomic E-state index is 0.0561. The molecule has 0 radical (unpaired) electrons. The molecular formula is C14H19N3O2. The first-order valence-electron chi connectivity index (χ1n) is 6.49. The maximum Gasteiger partial charge on any atom is 0.221 e. The van der Waals surface area contributed by atoms with E-state index in [-0.39, 0.29) is 5.91 Å². The normalized spacial score (nSPS) is 10.9. The molecule has 0 aromatic carbocycles. The molecule has 2 rings (SSSR count). The van der Waals surface area contributed by atoms with Gasteiger partial charge in [0.15, 0.2) is 0 Å². The fourth-order valence-electron chi connectivity index (χ4n) is 1.74. The Balaban J connectivity index is 1.82. The average Bonchev–Trinajstić information content (AvgIpc) is 2.85. The Morgan fingerprint density at radius 3 is 3.05 bits per heavy atom. The number of carbonyl (C=O) groups is 1. The van der Waals surface area contributed by atoms with E-state index in [1.54, 1.807) is 12.5 Å².